The number of hydrogen-bond donors (Lipinski definition) is 1. The van der Waals surface area contributed by atoms with Crippen molar-refractivity contribution in [1.82, 2.24) is 25.1 Å². The summed E-state index contributed by atoms with van der Waals surface area (Å²) in [5.74, 6) is 0.267. The summed E-state index contributed by atoms with van der Waals surface area (Å²) < 4.78 is 6.72. The summed E-state index contributed by atoms with van der Waals surface area (Å²) in [6.07, 6.45) is 4.04. The Labute approximate surface area is 156 Å². The van der Waals surface area contributed by atoms with E-state index >= 15 is 0 Å². The van der Waals surface area contributed by atoms with Crippen molar-refractivity contribution in [2.24, 2.45) is 0 Å². The molecule has 0 aromatic carbocycles. The minimum Gasteiger partial charge on any atom is -0.383 e. The van der Waals surface area contributed by atoms with Gasteiger partial charge in [0.2, 0.25) is 0 Å². The second kappa shape index (κ2) is 8.20. The topological polar surface area (TPSA) is 81.9 Å². The Morgan fingerprint density at radius 2 is 2.27 bits per heavy atom. The van der Waals surface area contributed by atoms with Gasteiger partial charge in [0.25, 0.3) is 11.9 Å². The summed E-state index contributed by atoms with van der Waals surface area (Å²) in [5.41, 5.74) is 2.03. The van der Waals surface area contributed by atoms with Crippen LogP contribution in [0.3, 0.4) is 0 Å². The van der Waals surface area contributed by atoms with Crippen molar-refractivity contribution in [3.05, 3.63) is 47.2 Å². The smallest absolute Gasteiger partial charge is 0.255 e. The molecule has 0 saturated carbocycles. The number of carbonyl (C=O) groups is 1. The van der Waals surface area contributed by atoms with Gasteiger partial charge in [-0.05, 0) is 30.9 Å². The van der Waals surface area contributed by atoms with Crippen molar-refractivity contribution in [1.29, 1.82) is 0 Å². The molecule has 7 nitrogen and oxygen atoms in total. The Morgan fingerprint density at radius 1 is 1.42 bits per heavy atom. The van der Waals surface area contributed by atoms with Crippen LogP contribution in [0.25, 0.3) is 16.5 Å². The molecule has 0 radical (unpaired) electrons. The first-order chi connectivity index (χ1) is 12.6. The number of hydrogen-bond acceptors (Lipinski definition) is 6. The lowest BCUT2D eigenvalue weighted by molar-refractivity contribution is 0.0894. The number of aromatic nitrogens is 4. The largest absolute Gasteiger partial charge is 0.383 e. The van der Waals surface area contributed by atoms with Crippen molar-refractivity contribution < 1.29 is 9.53 Å². The number of thiophene rings is 1. The molecule has 26 heavy (non-hydrogen) atoms. The van der Waals surface area contributed by atoms with E-state index < -0.39 is 0 Å². The van der Waals surface area contributed by atoms with E-state index in [2.05, 4.69) is 20.4 Å². The Hall–Kier alpha value is -2.58. The van der Waals surface area contributed by atoms with Crippen LogP contribution in [0.5, 0.6) is 0 Å². The quantitative estimate of drug-likeness (QED) is 0.691. The van der Waals surface area contributed by atoms with Gasteiger partial charge in [0.05, 0.1) is 40.7 Å². The van der Waals surface area contributed by atoms with Crippen LogP contribution in [0.2, 0.25) is 0 Å². The average molecular weight is 371 g/mol. The Balaban J connectivity index is 1.85. The molecule has 3 heterocycles. The van der Waals surface area contributed by atoms with Crippen molar-refractivity contribution in [3.8, 4) is 16.5 Å². The Bertz CT molecular complexity index is 876. The van der Waals surface area contributed by atoms with Crippen LogP contribution in [0.4, 0.5) is 0 Å². The van der Waals surface area contributed by atoms with Gasteiger partial charge in [-0.1, -0.05) is 13.0 Å². The second-order valence-corrected chi connectivity index (χ2v) is 6.76. The summed E-state index contributed by atoms with van der Waals surface area (Å²) in [7, 11) is 1.62. The van der Waals surface area contributed by atoms with E-state index in [1.807, 2.05) is 37.4 Å². The SMILES string of the molecule is CCC(COC)NC(=O)c1cnn(-c2nccc(-c3cccs3)n2)c1C. The number of carbonyl (C=O) groups excluding carboxylic acids is 1. The fraction of sp³-hybridized carbons (Fsp3) is 0.333. The van der Waals surface area contributed by atoms with Gasteiger partial charge in [-0.15, -0.1) is 11.3 Å². The van der Waals surface area contributed by atoms with Gasteiger partial charge in [-0.25, -0.2) is 14.6 Å². The molecule has 1 atom stereocenters. The van der Waals surface area contributed by atoms with Crippen molar-refractivity contribution in [2.75, 3.05) is 13.7 Å². The van der Waals surface area contributed by atoms with E-state index in [4.69, 9.17) is 4.74 Å². The number of ether oxygens (including phenoxy) is 1. The van der Waals surface area contributed by atoms with Crippen molar-refractivity contribution in [3.63, 3.8) is 0 Å². The lowest BCUT2D eigenvalue weighted by atomic mass is 10.2. The molecule has 1 N–H and O–H groups in total. The van der Waals surface area contributed by atoms with Gasteiger partial charge in [0, 0.05) is 13.3 Å². The van der Waals surface area contributed by atoms with Crippen LogP contribution in [0.15, 0.2) is 36.0 Å². The van der Waals surface area contributed by atoms with Gasteiger partial charge in [-0.2, -0.15) is 5.10 Å². The number of rotatable bonds is 7. The molecule has 136 valence electrons. The molecular weight excluding hydrogens is 350 g/mol. The maximum atomic E-state index is 12.5. The van der Waals surface area contributed by atoms with Crippen LogP contribution in [0.1, 0.15) is 29.4 Å². The Kier molecular flexibility index (Phi) is 5.75. The van der Waals surface area contributed by atoms with Crippen LogP contribution in [0, 0.1) is 6.92 Å². The van der Waals surface area contributed by atoms with E-state index in [1.165, 1.54) is 0 Å². The molecule has 3 aromatic heterocycles. The number of nitrogens with one attached hydrogen (secondary N) is 1. The third-order valence-electron chi connectivity index (χ3n) is 4.06. The molecule has 3 aromatic rings. The highest BCUT2D eigenvalue weighted by molar-refractivity contribution is 7.13. The fourth-order valence-corrected chi connectivity index (χ4v) is 3.27. The minimum atomic E-state index is -0.174. The van der Waals surface area contributed by atoms with Crippen molar-refractivity contribution >= 4 is 17.2 Å². The predicted molar refractivity (Wildman–Crippen MR) is 101 cm³/mol. The third-order valence-corrected chi connectivity index (χ3v) is 4.95. The molecule has 0 saturated heterocycles. The third kappa shape index (κ3) is 3.81. The summed E-state index contributed by atoms with van der Waals surface area (Å²) >= 11 is 1.61. The molecule has 1 amide bonds. The first-order valence-electron chi connectivity index (χ1n) is 8.35. The lowest BCUT2D eigenvalue weighted by Gasteiger charge is -2.15. The van der Waals surface area contributed by atoms with Crippen LogP contribution in [-0.4, -0.2) is 45.4 Å². The molecule has 0 fully saturated rings. The Morgan fingerprint density at radius 3 is 2.96 bits per heavy atom. The summed E-state index contributed by atoms with van der Waals surface area (Å²) in [5, 5.41) is 9.28. The minimum absolute atomic E-state index is 0.0337. The highest BCUT2D eigenvalue weighted by atomic mass is 32.1. The molecule has 0 aliphatic rings. The maximum absolute atomic E-state index is 12.5. The molecule has 0 aliphatic carbocycles. The predicted octanol–water partition coefficient (Wildman–Crippen LogP) is 2.85. The zero-order valence-electron chi connectivity index (χ0n) is 15.0. The van der Waals surface area contributed by atoms with E-state index in [0.29, 0.717) is 23.8 Å². The zero-order chi connectivity index (χ0) is 18.5. The van der Waals surface area contributed by atoms with Gasteiger partial charge >= 0.3 is 0 Å². The highest BCUT2D eigenvalue weighted by Crippen LogP contribution is 2.23. The number of amides is 1. The highest BCUT2D eigenvalue weighted by Gasteiger charge is 2.19. The molecule has 0 spiro atoms. The monoisotopic (exact) mass is 371 g/mol. The zero-order valence-corrected chi connectivity index (χ0v) is 15.8. The van der Waals surface area contributed by atoms with Gasteiger partial charge in [0.1, 0.15) is 0 Å². The molecule has 8 heteroatoms. The van der Waals surface area contributed by atoms with Crippen LogP contribution in [-0.2, 0) is 4.74 Å². The first kappa shape index (κ1) is 18.2. The van der Waals surface area contributed by atoms with E-state index in [0.717, 1.165) is 17.0 Å². The standard InChI is InChI=1S/C18H21N5O2S/c1-4-13(11-25-3)21-17(24)14-10-20-23(12(14)2)18-19-8-7-15(22-18)16-6-5-9-26-16/h5-10,13H,4,11H2,1-3H3,(H,21,24). The summed E-state index contributed by atoms with van der Waals surface area (Å²) in [4.78, 5) is 22.5. The number of methoxy groups -OCH3 is 1. The fourth-order valence-electron chi connectivity index (χ4n) is 2.57. The van der Waals surface area contributed by atoms with Gasteiger partial charge < -0.3 is 10.1 Å². The normalized spacial score (nSPS) is 12.1. The van der Waals surface area contributed by atoms with Crippen LogP contribution < -0.4 is 5.32 Å². The van der Waals surface area contributed by atoms with Gasteiger partial charge in [-0.3, -0.25) is 4.79 Å². The van der Waals surface area contributed by atoms with Crippen LogP contribution >= 0.6 is 11.3 Å². The molecule has 0 aliphatic heterocycles. The molecule has 3 rings (SSSR count). The average Bonchev–Trinajstić information content (AvgIpc) is 3.31. The molecule has 0 bridgehead atoms. The maximum Gasteiger partial charge on any atom is 0.255 e. The van der Waals surface area contributed by atoms with E-state index in [-0.39, 0.29) is 11.9 Å². The summed E-state index contributed by atoms with van der Waals surface area (Å²) in [6, 6.07) is 5.81. The first-order valence-corrected chi connectivity index (χ1v) is 9.23. The molecule has 1 unspecified atom stereocenters. The number of nitrogens with zero attached hydrogens (tertiary/aromatic N) is 4. The molecular formula is C18H21N5O2S. The van der Waals surface area contributed by atoms with Gasteiger partial charge in [0.15, 0.2) is 0 Å². The van der Waals surface area contributed by atoms with E-state index in [1.54, 1.807) is 35.5 Å². The summed E-state index contributed by atoms with van der Waals surface area (Å²) in [6.45, 7) is 4.31. The van der Waals surface area contributed by atoms with E-state index in [9.17, 15) is 4.79 Å². The second-order valence-electron chi connectivity index (χ2n) is 5.81. The van der Waals surface area contributed by atoms with Crippen molar-refractivity contribution in [2.45, 2.75) is 26.3 Å². The lowest BCUT2D eigenvalue weighted by Crippen LogP contribution is -2.37.